The van der Waals surface area contributed by atoms with Crippen molar-refractivity contribution in [3.05, 3.63) is 0 Å². The number of nitrogens with two attached hydrogens (primary N) is 1. The number of imide groups is 1. The number of urea groups is 1. The van der Waals surface area contributed by atoms with Gasteiger partial charge in [0.05, 0.1) is 0 Å². The van der Waals surface area contributed by atoms with Crippen molar-refractivity contribution in [2.24, 2.45) is 11.7 Å². The molecule has 0 bridgehead atoms. The molecule has 0 aliphatic rings. The van der Waals surface area contributed by atoms with Crippen molar-refractivity contribution in [2.45, 2.75) is 26.3 Å². The van der Waals surface area contributed by atoms with E-state index in [1.807, 2.05) is 5.32 Å². The van der Waals surface area contributed by atoms with Crippen LogP contribution in [-0.4, -0.2) is 29.8 Å². The predicted molar refractivity (Wildman–Crippen MR) is 59.8 cm³/mol. The summed E-state index contributed by atoms with van der Waals surface area (Å²) in [7, 11) is 0. The molecule has 1 atom stereocenters. The standard InChI is InChI=1S/C9H16ClN3O3/c1-5(2)7(8(11)15)13-9(16)12-6(14)3-4-10/h5,7H,3-4H2,1-2H3,(H2,11,15)(H2,12,13,14,16). The van der Waals surface area contributed by atoms with E-state index in [1.54, 1.807) is 13.8 Å². The second-order valence-electron chi connectivity index (χ2n) is 3.58. The molecule has 0 saturated heterocycles. The zero-order valence-electron chi connectivity index (χ0n) is 9.25. The van der Waals surface area contributed by atoms with E-state index in [2.05, 4.69) is 5.32 Å². The Morgan fingerprint density at radius 2 is 1.88 bits per heavy atom. The van der Waals surface area contributed by atoms with Crippen LogP contribution in [-0.2, 0) is 9.59 Å². The van der Waals surface area contributed by atoms with Gasteiger partial charge < -0.3 is 11.1 Å². The third-order valence-corrected chi connectivity index (χ3v) is 2.02. The highest BCUT2D eigenvalue weighted by Crippen LogP contribution is 2.00. The van der Waals surface area contributed by atoms with Gasteiger partial charge in [0.25, 0.3) is 0 Å². The molecule has 0 heterocycles. The number of alkyl halides is 1. The minimum Gasteiger partial charge on any atom is -0.368 e. The van der Waals surface area contributed by atoms with E-state index in [0.717, 1.165) is 0 Å². The average Bonchev–Trinajstić information content (AvgIpc) is 2.13. The summed E-state index contributed by atoms with van der Waals surface area (Å²) in [6.45, 7) is 3.46. The molecule has 0 spiro atoms. The molecule has 0 aliphatic carbocycles. The number of hydrogen-bond donors (Lipinski definition) is 3. The van der Waals surface area contributed by atoms with Crippen LogP contribution in [0.15, 0.2) is 0 Å². The van der Waals surface area contributed by atoms with Crippen molar-refractivity contribution in [1.29, 1.82) is 0 Å². The smallest absolute Gasteiger partial charge is 0.322 e. The van der Waals surface area contributed by atoms with E-state index in [0.29, 0.717) is 0 Å². The molecule has 0 aromatic heterocycles. The van der Waals surface area contributed by atoms with Crippen LogP contribution >= 0.6 is 11.6 Å². The van der Waals surface area contributed by atoms with Crippen LogP contribution in [0.5, 0.6) is 0 Å². The molecule has 7 heteroatoms. The number of halogens is 1. The molecule has 0 aromatic carbocycles. The Bertz CT molecular complexity index is 281. The number of carbonyl (C=O) groups excluding carboxylic acids is 3. The first-order valence-corrected chi connectivity index (χ1v) is 5.37. The summed E-state index contributed by atoms with van der Waals surface area (Å²) in [5, 5.41) is 4.36. The minimum atomic E-state index is -0.802. The summed E-state index contributed by atoms with van der Waals surface area (Å²) >= 11 is 5.32. The topological polar surface area (TPSA) is 101 Å². The number of carbonyl (C=O) groups is 3. The first kappa shape index (κ1) is 14.7. The Morgan fingerprint density at radius 1 is 1.31 bits per heavy atom. The number of primary amides is 1. The summed E-state index contributed by atoms with van der Waals surface area (Å²) in [4.78, 5) is 33.2. The summed E-state index contributed by atoms with van der Waals surface area (Å²) in [6.07, 6.45) is 0.0396. The lowest BCUT2D eigenvalue weighted by Crippen LogP contribution is -2.52. The number of hydrogen-bond acceptors (Lipinski definition) is 3. The maximum absolute atomic E-state index is 11.3. The molecule has 92 valence electrons. The molecule has 4 amide bonds. The summed E-state index contributed by atoms with van der Waals surface area (Å²) in [6, 6.07) is -1.54. The quantitative estimate of drug-likeness (QED) is 0.596. The average molecular weight is 250 g/mol. The lowest BCUT2D eigenvalue weighted by Gasteiger charge is -2.18. The van der Waals surface area contributed by atoms with E-state index in [4.69, 9.17) is 17.3 Å². The fraction of sp³-hybridized carbons (Fsp3) is 0.667. The van der Waals surface area contributed by atoms with Gasteiger partial charge in [-0.3, -0.25) is 14.9 Å². The fourth-order valence-electron chi connectivity index (χ4n) is 1.02. The molecule has 0 aromatic rings. The van der Waals surface area contributed by atoms with Crippen LogP contribution < -0.4 is 16.4 Å². The van der Waals surface area contributed by atoms with Gasteiger partial charge in [-0.2, -0.15) is 0 Å². The van der Waals surface area contributed by atoms with E-state index in [1.165, 1.54) is 0 Å². The SMILES string of the molecule is CC(C)C(NC(=O)NC(=O)CCCl)C(N)=O. The lowest BCUT2D eigenvalue weighted by molar-refractivity contribution is -0.122. The number of rotatable bonds is 5. The van der Waals surface area contributed by atoms with Crippen LogP contribution in [0.3, 0.4) is 0 Å². The molecule has 0 aliphatic heterocycles. The predicted octanol–water partition coefficient (Wildman–Crippen LogP) is -0.0490. The van der Waals surface area contributed by atoms with Crippen LogP contribution in [0.2, 0.25) is 0 Å². The Balaban J connectivity index is 4.21. The molecule has 16 heavy (non-hydrogen) atoms. The van der Waals surface area contributed by atoms with Crippen LogP contribution in [0, 0.1) is 5.92 Å². The van der Waals surface area contributed by atoms with Gasteiger partial charge in [-0.05, 0) is 5.92 Å². The Labute approximate surface area is 98.9 Å². The molecule has 0 radical (unpaired) electrons. The minimum absolute atomic E-state index is 0.0396. The Kier molecular flexibility index (Phi) is 6.48. The molecule has 6 nitrogen and oxygen atoms in total. The van der Waals surface area contributed by atoms with Crippen LogP contribution in [0.4, 0.5) is 4.79 Å². The van der Waals surface area contributed by atoms with E-state index in [-0.39, 0.29) is 18.2 Å². The maximum Gasteiger partial charge on any atom is 0.322 e. The molecule has 0 fully saturated rings. The van der Waals surface area contributed by atoms with Crippen molar-refractivity contribution in [3.63, 3.8) is 0 Å². The van der Waals surface area contributed by atoms with Gasteiger partial charge in [-0.1, -0.05) is 13.8 Å². The highest BCUT2D eigenvalue weighted by atomic mass is 35.5. The van der Waals surface area contributed by atoms with Crippen LogP contribution in [0.25, 0.3) is 0 Å². The van der Waals surface area contributed by atoms with Crippen molar-refractivity contribution in [1.82, 2.24) is 10.6 Å². The summed E-state index contributed by atoms with van der Waals surface area (Å²) in [5.74, 6) is -1.16. The van der Waals surface area contributed by atoms with Crippen molar-refractivity contribution < 1.29 is 14.4 Å². The summed E-state index contributed by atoms with van der Waals surface area (Å²) < 4.78 is 0. The second kappa shape index (κ2) is 7.05. The Hall–Kier alpha value is -1.30. The van der Waals surface area contributed by atoms with Gasteiger partial charge in [0.15, 0.2) is 0 Å². The molecule has 4 N–H and O–H groups in total. The molecular formula is C9H16ClN3O3. The van der Waals surface area contributed by atoms with E-state index >= 15 is 0 Å². The Morgan fingerprint density at radius 3 is 2.25 bits per heavy atom. The van der Waals surface area contributed by atoms with E-state index in [9.17, 15) is 14.4 Å². The molecular weight excluding hydrogens is 234 g/mol. The van der Waals surface area contributed by atoms with Crippen molar-refractivity contribution in [2.75, 3.05) is 5.88 Å². The first-order valence-electron chi connectivity index (χ1n) is 4.84. The number of nitrogens with one attached hydrogen (secondary N) is 2. The highest BCUT2D eigenvalue weighted by molar-refractivity contribution is 6.19. The van der Waals surface area contributed by atoms with Crippen molar-refractivity contribution >= 4 is 29.4 Å². The number of amides is 4. The van der Waals surface area contributed by atoms with Gasteiger partial charge in [-0.25, -0.2) is 4.79 Å². The zero-order chi connectivity index (χ0) is 12.7. The largest absolute Gasteiger partial charge is 0.368 e. The molecule has 0 rings (SSSR count). The van der Waals surface area contributed by atoms with Gasteiger partial charge in [0, 0.05) is 12.3 Å². The van der Waals surface area contributed by atoms with Gasteiger partial charge in [0.1, 0.15) is 6.04 Å². The fourth-order valence-corrected chi connectivity index (χ4v) is 1.19. The zero-order valence-corrected chi connectivity index (χ0v) is 10.0. The van der Waals surface area contributed by atoms with Gasteiger partial charge >= 0.3 is 6.03 Å². The first-order chi connectivity index (χ1) is 7.38. The third-order valence-electron chi connectivity index (χ3n) is 1.83. The highest BCUT2D eigenvalue weighted by Gasteiger charge is 2.22. The van der Waals surface area contributed by atoms with E-state index < -0.39 is 23.9 Å². The normalized spacial score (nSPS) is 12.0. The third kappa shape index (κ3) is 5.55. The monoisotopic (exact) mass is 249 g/mol. The van der Waals surface area contributed by atoms with Crippen LogP contribution in [0.1, 0.15) is 20.3 Å². The van der Waals surface area contributed by atoms with Gasteiger partial charge in [0.2, 0.25) is 11.8 Å². The second-order valence-corrected chi connectivity index (χ2v) is 3.96. The van der Waals surface area contributed by atoms with Crippen molar-refractivity contribution in [3.8, 4) is 0 Å². The maximum atomic E-state index is 11.3. The lowest BCUT2D eigenvalue weighted by atomic mass is 10.0. The summed E-state index contributed by atoms with van der Waals surface area (Å²) in [5.41, 5.74) is 5.09. The molecule has 0 saturated carbocycles. The molecule has 1 unspecified atom stereocenters. The van der Waals surface area contributed by atoms with Gasteiger partial charge in [-0.15, -0.1) is 11.6 Å².